The van der Waals surface area contributed by atoms with E-state index in [0.29, 0.717) is 13.0 Å². The van der Waals surface area contributed by atoms with Crippen LogP contribution in [0.4, 0.5) is 0 Å². The van der Waals surface area contributed by atoms with Gasteiger partial charge in [-0.3, -0.25) is 0 Å². The van der Waals surface area contributed by atoms with Gasteiger partial charge in [-0.2, -0.15) is 5.26 Å². The number of nitrogens with one attached hydrogen (secondary N) is 1. The first kappa shape index (κ1) is 17.3. The molecule has 0 heterocycles. The summed E-state index contributed by atoms with van der Waals surface area (Å²) in [6, 6.07) is 8.03. The molecule has 4 nitrogen and oxygen atoms in total. The van der Waals surface area contributed by atoms with Gasteiger partial charge in [0.15, 0.2) is 6.10 Å². The fourth-order valence-electron chi connectivity index (χ4n) is 1.85. The minimum Gasteiger partial charge on any atom is -0.493 e. The van der Waals surface area contributed by atoms with Gasteiger partial charge in [0.05, 0.1) is 6.61 Å². The molecule has 0 fully saturated rings. The van der Waals surface area contributed by atoms with Crippen LogP contribution >= 0.6 is 0 Å². The summed E-state index contributed by atoms with van der Waals surface area (Å²) >= 11 is 0. The molecule has 21 heavy (non-hydrogen) atoms. The second kappa shape index (κ2) is 10.1. The van der Waals surface area contributed by atoms with Gasteiger partial charge in [-0.15, -0.1) is 0 Å². The summed E-state index contributed by atoms with van der Waals surface area (Å²) in [5, 5.41) is 12.4. The van der Waals surface area contributed by atoms with Gasteiger partial charge >= 0.3 is 0 Å². The van der Waals surface area contributed by atoms with Crippen molar-refractivity contribution in [3.63, 3.8) is 0 Å². The van der Waals surface area contributed by atoms with E-state index in [-0.39, 0.29) is 0 Å². The lowest BCUT2D eigenvalue weighted by molar-refractivity contribution is 0.246. The van der Waals surface area contributed by atoms with Crippen molar-refractivity contribution in [2.75, 3.05) is 13.2 Å². The Labute approximate surface area is 128 Å². The topological polar surface area (TPSA) is 54.3 Å². The maximum Gasteiger partial charge on any atom is 0.184 e. The summed E-state index contributed by atoms with van der Waals surface area (Å²) in [6.07, 6.45) is 2.30. The van der Waals surface area contributed by atoms with Crippen LogP contribution in [0.5, 0.6) is 11.5 Å². The maximum absolute atomic E-state index is 9.08. The van der Waals surface area contributed by atoms with Crippen molar-refractivity contribution >= 4 is 0 Å². The Kier molecular flexibility index (Phi) is 8.30. The molecule has 1 N–H and O–H groups in total. The summed E-state index contributed by atoms with van der Waals surface area (Å²) in [5.74, 6) is 1.53. The average molecular weight is 290 g/mol. The van der Waals surface area contributed by atoms with Crippen LogP contribution in [0.2, 0.25) is 0 Å². The molecule has 0 spiro atoms. The van der Waals surface area contributed by atoms with Crippen LogP contribution in [0.1, 0.15) is 45.6 Å². The molecule has 1 rings (SSSR count). The van der Waals surface area contributed by atoms with E-state index in [1.54, 1.807) is 0 Å². The first-order valence-electron chi connectivity index (χ1n) is 7.77. The molecule has 0 saturated heterocycles. The zero-order valence-corrected chi connectivity index (χ0v) is 13.3. The van der Waals surface area contributed by atoms with Crippen LogP contribution < -0.4 is 14.8 Å². The normalized spacial score (nSPS) is 11.7. The summed E-state index contributed by atoms with van der Waals surface area (Å²) in [4.78, 5) is 0. The van der Waals surface area contributed by atoms with Gasteiger partial charge in [-0.25, -0.2) is 0 Å². The Balaban J connectivity index is 2.86. The number of benzene rings is 1. The highest BCUT2D eigenvalue weighted by Crippen LogP contribution is 2.26. The van der Waals surface area contributed by atoms with E-state index in [0.717, 1.165) is 43.0 Å². The number of hydrogen-bond donors (Lipinski definition) is 1. The molecular formula is C17H26N2O2. The lowest BCUT2D eigenvalue weighted by Crippen LogP contribution is -2.17. The Bertz CT molecular complexity index is 455. The molecular weight excluding hydrogens is 264 g/mol. The summed E-state index contributed by atoms with van der Waals surface area (Å²) in [6.45, 7) is 8.53. The predicted molar refractivity (Wildman–Crippen MR) is 84.5 cm³/mol. The molecule has 116 valence electrons. The van der Waals surface area contributed by atoms with E-state index >= 15 is 0 Å². The second-order valence-electron chi connectivity index (χ2n) is 4.94. The van der Waals surface area contributed by atoms with Gasteiger partial charge in [0.25, 0.3) is 0 Å². The van der Waals surface area contributed by atoms with E-state index in [9.17, 15) is 0 Å². The van der Waals surface area contributed by atoms with Gasteiger partial charge in [-0.05, 0) is 31.9 Å². The molecule has 1 atom stereocenters. The molecule has 0 aliphatic carbocycles. The first-order chi connectivity index (χ1) is 10.2. The number of hydrogen-bond acceptors (Lipinski definition) is 4. The minimum absolute atomic E-state index is 0.420. The smallest absolute Gasteiger partial charge is 0.184 e. The fraction of sp³-hybridized carbons (Fsp3) is 0.588. The predicted octanol–water partition coefficient (Wildman–Crippen LogP) is 3.66. The highest BCUT2D eigenvalue weighted by atomic mass is 16.5. The molecule has 0 radical (unpaired) electrons. The lowest BCUT2D eigenvalue weighted by Gasteiger charge is -2.16. The van der Waals surface area contributed by atoms with Crippen LogP contribution in [-0.4, -0.2) is 19.3 Å². The van der Waals surface area contributed by atoms with Gasteiger partial charge in [0.2, 0.25) is 0 Å². The Hall–Kier alpha value is -1.73. The quantitative estimate of drug-likeness (QED) is 0.668. The maximum atomic E-state index is 9.08. The summed E-state index contributed by atoms with van der Waals surface area (Å²) in [5.41, 5.74) is 1.06. The van der Waals surface area contributed by atoms with Crippen LogP contribution in [0.15, 0.2) is 18.2 Å². The van der Waals surface area contributed by atoms with Crippen molar-refractivity contribution in [3.05, 3.63) is 23.8 Å². The van der Waals surface area contributed by atoms with Crippen molar-refractivity contribution < 1.29 is 9.47 Å². The number of nitrogens with zero attached hydrogens (tertiary/aromatic N) is 1. The number of rotatable bonds is 10. The monoisotopic (exact) mass is 290 g/mol. The molecule has 1 aromatic carbocycles. The van der Waals surface area contributed by atoms with Crippen molar-refractivity contribution in [2.45, 2.75) is 52.7 Å². The summed E-state index contributed by atoms with van der Waals surface area (Å²) < 4.78 is 11.5. The standard InChI is InChI=1S/C17H26N2O2/c1-4-9-19-13-14-7-8-16(20-10-5-2)11-17(14)21-15(6-3)12-18/h7-8,11,15,19H,4-6,9-10,13H2,1-3H3. The Morgan fingerprint density at radius 3 is 2.67 bits per heavy atom. The molecule has 0 bridgehead atoms. The van der Waals surface area contributed by atoms with Gasteiger partial charge in [0, 0.05) is 18.2 Å². The van der Waals surface area contributed by atoms with Crippen molar-refractivity contribution in [3.8, 4) is 17.6 Å². The Morgan fingerprint density at radius 2 is 2.05 bits per heavy atom. The SMILES string of the molecule is CCCNCc1ccc(OCCC)cc1OC(C#N)CC. The average Bonchev–Trinajstić information content (AvgIpc) is 2.52. The third kappa shape index (κ3) is 6.05. The highest BCUT2D eigenvalue weighted by Gasteiger charge is 2.11. The number of ether oxygens (including phenoxy) is 2. The van der Waals surface area contributed by atoms with Crippen LogP contribution in [0, 0.1) is 11.3 Å². The molecule has 0 aliphatic heterocycles. The van der Waals surface area contributed by atoms with E-state index < -0.39 is 6.10 Å². The molecule has 1 aromatic rings. The largest absolute Gasteiger partial charge is 0.493 e. The second-order valence-corrected chi connectivity index (χ2v) is 4.94. The van der Waals surface area contributed by atoms with E-state index in [1.165, 1.54) is 0 Å². The molecule has 0 aromatic heterocycles. The van der Waals surface area contributed by atoms with E-state index in [4.69, 9.17) is 14.7 Å². The Morgan fingerprint density at radius 1 is 1.24 bits per heavy atom. The fourth-order valence-corrected chi connectivity index (χ4v) is 1.85. The highest BCUT2D eigenvalue weighted by molar-refractivity contribution is 5.41. The molecule has 0 amide bonds. The summed E-state index contributed by atoms with van der Waals surface area (Å²) in [7, 11) is 0. The zero-order chi connectivity index (χ0) is 15.5. The molecule has 1 unspecified atom stereocenters. The van der Waals surface area contributed by atoms with Crippen molar-refractivity contribution in [2.24, 2.45) is 0 Å². The lowest BCUT2D eigenvalue weighted by atomic mass is 10.1. The minimum atomic E-state index is -0.420. The van der Waals surface area contributed by atoms with Gasteiger partial charge < -0.3 is 14.8 Å². The van der Waals surface area contributed by atoms with Crippen LogP contribution in [0.25, 0.3) is 0 Å². The van der Waals surface area contributed by atoms with E-state index in [1.807, 2.05) is 25.1 Å². The molecule has 0 saturated carbocycles. The third-order valence-electron chi connectivity index (χ3n) is 3.04. The molecule has 4 heteroatoms. The third-order valence-corrected chi connectivity index (χ3v) is 3.04. The molecule has 0 aliphatic rings. The van der Waals surface area contributed by atoms with E-state index in [2.05, 4.69) is 25.2 Å². The van der Waals surface area contributed by atoms with Gasteiger partial charge in [-0.1, -0.05) is 26.8 Å². The van der Waals surface area contributed by atoms with Crippen LogP contribution in [-0.2, 0) is 6.54 Å². The van der Waals surface area contributed by atoms with Gasteiger partial charge in [0.1, 0.15) is 17.6 Å². The van der Waals surface area contributed by atoms with Crippen LogP contribution in [0.3, 0.4) is 0 Å². The van der Waals surface area contributed by atoms with Crippen molar-refractivity contribution in [1.82, 2.24) is 5.32 Å². The van der Waals surface area contributed by atoms with Crippen molar-refractivity contribution in [1.29, 1.82) is 5.26 Å². The zero-order valence-electron chi connectivity index (χ0n) is 13.3. The first-order valence-corrected chi connectivity index (χ1v) is 7.77. The number of nitriles is 1.